The lowest BCUT2D eigenvalue weighted by Crippen LogP contribution is -2.28. The fraction of sp³-hybridized carbons (Fsp3) is 0.667. The van der Waals surface area contributed by atoms with Crippen molar-refractivity contribution in [1.82, 2.24) is 4.90 Å². The van der Waals surface area contributed by atoms with Crippen molar-refractivity contribution in [2.45, 2.75) is 51.0 Å². The Morgan fingerprint density at radius 1 is 1.44 bits per heavy atom. The van der Waals surface area contributed by atoms with Crippen LogP contribution in [0.4, 0.5) is 0 Å². The average Bonchev–Trinajstić information content (AvgIpc) is 3.27. The predicted molar refractivity (Wildman–Crippen MR) is 69.3 cm³/mol. The second kappa shape index (κ2) is 4.45. The molecule has 0 aromatic carbocycles. The summed E-state index contributed by atoms with van der Waals surface area (Å²) in [6, 6.07) is 4.63. The van der Waals surface area contributed by atoms with Crippen molar-refractivity contribution in [3.63, 3.8) is 0 Å². The van der Waals surface area contributed by atoms with Crippen LogP contribution < -0.4 is 0 Å². The highest BCUT2D eigenvalue weighted by atomic mass is 16.3. The summed E-state index contributed by atoms with van der Waals surface area (Å²) in [5.41, 5.74) is 0. The largest absolute Gasteiger partial charge is 0.466 e. The first-order valence-electron chi connectivity index (χ1n) is 6.99. The van der Waals surface area contributed by atoms with Crippen LogP contribution in [0.3, 0.4) is 0 Å². The molecule has 3 nitrogen and oxygen atoms in total. The van der Waals surface area contributed by atoms with Crippen molar-refractivity contribution < 1.29 is 9.21 Å². The normalized spacial score (nSPS) is 26.1. The van der Waals surface area contributed by atoms with Gasteiger partial charge in [-0.3, -0.25) is 4.79 Å². The van der Waals surface area contributed by atoms with Gasteiger partial charge in [0.15, 0.2) is 0 Å². The van der Waals surface area contributed by atoms with Gasteiger partial charge in [-0.1, -0.05) is 6.92 Å². The molecule has 1 heterocycles. The molecule has 18 heavy (non-hydrogen) atoms. The Labute approximate surface area is 108 Å². The van der Waals surface area contributed by atoms with Crippen molar-refractivity contribution >= 4 is 5.91 Å². The molecule has 98 valence electrons. The van der Waals surface area contributed by atoms with Crippen molar-refractivity contribution in [3.8, 4) is 0 Å². The minimum Gasteiger partial charge on any atom is -0.466 e. The first-order valence-corrected chi connectivity index (χ1v) is 6.99. The summed E-state index contributed by atoms with van der Waals surface area (Å²) >= 11 is 0. The molecule has 3 rings (SSSR count). The fourth-order valence-corrected chi connectivity index (χ4v) is 2.52. The Morgan fingerprint density at radius 2 is 2.17 bits per heavy atom. The smallest absolute Gasteiger partial charge is 0.223 e. The third kappa shape index (κ3) is 2.45. The number of rotatable bonds is 5. The van der Waals surface area contributed by atoms with Crippen molar-refractivity contribution in [2.75, 3.05) is 7.05 Å². The van der Waals surface area contributed by atoms with E-state index >= 15 is 0 Å². The number of furan rings is 1. The quantitative estimate of drug-likeness (QED) is 0.801. The number of aryl methyl sites for hydroxylation is 1. The highest BCUT2D eigenvalue weighted by Gasteiger charge is 2.36. The average molecular weight is 247 g/mol. The Bertz CT molecular complexity index is 447. The maximum absolute atomic E-state index is 11.9. The van der Waals surface area contributed by atoms with Gasteiger partial charge >= 0.3 is 0 Å². The maximum atomic E-state index is 11.9. The van der Waals surface area contributed by atoms with E-state index in [0.29, 0.717) is 18.4 Å². The molecular formula is C15H21NO2. The molecule has 0 N–H and O–H groups in total. The van der Waals surface area contributed by atoms with E-state index in [-0.39, 0.29) is 5.91 Å². The predicted octanol–water partition coefficient (Wildman–Crippen LogP) is 2.96. The molecule has 0 bridgehead atoms. The van der Waals surface area contributed by atoms with Gasteiger partial charge in [-0.25, -0.2) is 0 Å². The number of carbonyl (C=O) groups is 1. The zero-order valence-electron chi connectivity index (χ0n) is 11.2. The van der Waals surface area contributed by atoms with Gasteiger partial charge in [0, 0.05) is 31.8 Å². The highest BCUT2D eigenvalue weighted by molar-refractivity contribution is 5.76. The van der Waals surface area contributed by atoms with Gasteiger partial charge in [-0.05, 0) is 37.3 Å². The highest BCUT2D eigenvalue weighted by Crippen LogP contribution is 2.47. The molecule has 2 aliphatic rings. The van der Waals surface area contributed by atoms with Gasteiger partial charge in [0.2, 0.25) is 5.91 Å². The van der Waals surface area contributed by atoms with Crippen LogP contribution in [0.15, 0.2) is 16.5 Å². The first-order chi connectivity index (χ1) is 8.65. The van der Waals surface area contributed by atoms with Gasteiger partial charge in [-0.2, -0.15) is 0 Å². The summed E-state index contributed by atoms with van der Waals surface area (Å²) < 4.78 is 5.81. The minimum atomic E-state index is 0.246. The Balaban J connectivity index is 1.50. The van der Waals surface area contributed by atoms with Gasteiger partial charge in [0.1, 0.15) is 11.5 Å². The SMILES string of the molecule is C[C@H]1C[C@@H]1c1ccc(CCC(=O)N(C)C2CC2)o1. The lowest BCUT2D eigenvalue weighted by atomic mass is 10.2. The van der Waals surface area contributed by atoms with E-state index in [1.807, 2.05) is 18.0 Å². The summed E-state index contributed by atoms with van der Waals surface area (Å²) in [5.74, 6) is 3.72. The third-order valence-electron chi connectivity index (χ3n) is 4.23. The van der Waals surface area contributed by atoms with Crippen LogP contribution in [0.2, 0.25) is 0 Å². The maximum Gasteiger partial charge on any atom is 0.223 e. The number of amides is 1. The molecule has 2 aliphatic carbocycles. The standard InChI is InChI=1S/C15H21NO2/c1-10-9-13(10)14-7-5-12(18-14)6-8-15(17)16(2)11-3-4-11/h5,7,10-11,13H,3-4,6,8-9H2,1-2H3/t10-,13-/m0/s1. The number of hydrogen-bond acceptors (Lipinski definition) is 2. The number of nitrogens with zero attached hydrogens (tertiary/aromatic N) is 1. The summed E-state index contributed by atoms with van der Waals surface area (Å²) in [6.45, 7) is 2.25. The van der Waals surface area contributed by atoms with E-state index in [2.05, 4.69) is 13.0 Å². The third-order valence-corrected chi connectivity index (χ3v) is 4.23. The summed E-state index contributed by atoms with van der Waals surface area (Å²) in [6.07, 6.45) is 4.90. The number of carbonyl (C=O) groups excluding carboxylic acids is 1. The lowest BCUT2D eigenvalue weighted by Gasteiger charge is -2.15. The first kappa shape index (κ1) is 11.8. The van der Waals surface area contributed by atoms with Crippen molar-refractivity contribution in [3.05, 3.63) is 23.7 Å². The van der Waals surface area contributed by atoms with E-state index in [1.54, 1.807) is 0 Å². The van der Waals surface area contributed by atoms with Crippen molar-refractivity contribution in [2.24, 2.45) is 5.92 Å². The van der Waals surface area contributed by atoms with Gasteiger partial charge in [0.05, 0.1) is 0 Å². The summed E-state index contributed by atoms with van der Waals surface area (Å²) in [7, 11) is 1.92. The van der Waals surface area contributed by atoms with E-state index in [4.69, 9.17) is 4.42 Å². The monoisotopic (exact) mass is 247 g/mol. The van der Waals surface area contributed by atoms with Gasteiger partial charge in [-0.15, -0.1) is 0 Å². The summed E-state index contributed by atoms with van der Waals surface area (Å²) in [4.78, 5) is 13.8. The molecule has 1 aromatic rings. The summed E-state index contributed by atoms with van der Waals surface area (Å²) in [5, 5.41) is 0. The molecule has 2 atom stereocenters. The zero-order valence-corrected chi connectivity index (χ0v) is 11.2. The van der Waals surface area contributed by atoms with Crippen LogP contribution in [0.5, 0.6) is 0 Å². The lowest BCUT2D eigenvalue weighted by molar-refractivity contribution is -0.130. The Kier molecular flexibility index (Phi) is 2.92. The molecular weight excluding hydrogens is 226 g/mol. The molecule has 2 fully saturated rings. The van der Waals surface area contributed by atoms with Crippen LogP contribution in [-0.2, 0) is 11.2 Å². The minimum absolute atomic E-state index is 0.246. The van der Waals surface area contributed by atoms with E-state index in [9.17, 15) is 4.79 Å². The van der Waals surface area contributed by atoms with Crippen LogP contribution in [-0.4, -0.2) is 23.9 Å². The van der Waals surface area contributed by atoms with Crippen LogP contribution in [0.1, 0.15) is 50.0 Å². The number of hydrogen-bond donors (Lipinski definition) is 0. The molecule has 2 saturated carbocycles. The zero-order chi connectivity index (χ0) is 12.7. The van der Waals surface area contributed by atoms with Crippen LogP contribution >= 0.6 is 0 Å². The molecule has 0 radical (unpaired) electrons. The molecule has 0 spiro atoms. The van der Waals surface area contributed by atoms with E-state index in [1.165, 1.54) is 19.3 Å². The molecule has 3 heteroatoms. The van der Waals surface area contributed by atoms with Crippen LogP contribution in [0.25, 0.3) is 0 Å². The molecule has 0 unspecified atom stereocenters. The molecule has 0 saturated heterocycles. The fourth-order valence-electron chi connectivity index (χ4n) is 2.52. The Morgan fingerprint density at radius 3 is 2.78 bits per heavy atom. The second-order valence-corrected chi connectivity index (χ2v) is 5.86. The van der Waals surface area contributed by atoms with Gasteiger partial charge in [0.25, 0.3) is 0 Å². The molecule has 0 aliphatic heterocycles. The van der Waals surface area contributed by atoms with Gasteiger partial charge < -0.3 is 9.32 Å². The molecule has 1 amide bonds. The van der Waals surface area contributed by atoms with Crippen LogP contribution in [0, 0.1) is 5.92 Å². The molecule has 1 aromatic heterocycles. The van der Waals surface area contributed by atoms with E-state index in [0.717, 1.165) is 23.9 Å². The van der Waals surface area contributed by atoms with Crippen molar-refractivity contribution in [1.29, 1.82) is 0 Å². The Hall–Kier alpha value is -1.25. The van der Waals surface area contributed by atoms with E-state index < -0.39 is 0 Å². The topological polar surface area (TPSA) is 33.5 Å². The second-order valence-electron chi connectivity index (χ2n) is 5.86.